The summed E-state index contributed by atoms with van der Waals surface area (Å²) in [6, 6.07) is 3.60. The van der Waals surface area contributed by atoms with E-state index in [1.54, 1.807) is 6.92 Å². The van der Waals surface area contributed by atoms with E-state index >= 15 is 0 Å². The Kier molecular flexibility index (Phi) is 3.35. The molecule has 0 radical (unpaired) electrons. The number of carboxylic acids is 1. The van der Waals surface area contributed by atoms with Crippen molar-refractivity contribution in [2.24, 2.45) is 0 Å². The van der Waals surface area contributed by atoms with Gasteiger partial charge in [-0.05, 0) is 18.6 Å². The van der Waals surface area contributed by atoms with Gasteiger partial charge >= 0.3 is 12.0 Å². The smallest absolute Gasteiger partial charge is 0.335 e. The molecular weight excluding hydrogens is 264 g/mol. The first-order valence-electron chi connectivity index (χ1n) is 6.00. The average molecular weight is 278 g/mol. The molecule has 7 nitrogen and oxygen atoms in total. The molecule has 1 aromatic carbocycles. The molecule has 7 heteroatoms. The fourth-order valence-electron chi connectivity index (χ4n) is 2.30. The predicted octanol–water partition coefficient (Wildman–Crippen LogP) is 0.838. The van der Waals surface area contributed by atoms with Crippen molar-refractivity contribution in [1.29, 1.82) is 0 Å². The summed E-state index contributed by atoms with van der Waals surface area (Å²) in [6.07, 6.45) is 0.313. The van der Waals surface area contributed by atoms with Crippen molar-refractivity contribution < 1.29 is 24.2 Å². The molecule has 1 atom stereocenters. The fraction of sp³-hybridized carbons (Fsp3) is 0.308. The van der Waals surface area contributed by atoms with Gasteiger partial charge in [-0.15, -0.1) is 0 Å². The number of nitrogens with one attached hydrogen (secondary N) is 2. The largest absolute Gasteiger partial charge is 0.496 e. The van der Waals surface area contributed by atoms with Gasteiger partial charge in [-0.1, -0.05) is 13.0 Å². The van der Waals surface area contributed by atoms with E-state index in [1.165, 1.54) is 25.3 Å². The van der Waals surface area contributed by atoms with Gasteiger partial charge in [0.15, 0.2) is 0 Å². The molecule has 1 saturated heterocycles. The summed E-state index contributed by atoms with van der Waals surface area (Å²) >= 11 is 0. The zero-order valence-corrected chi connectivity index (χ0v) is 11.0. The standard InChI is InChI=1S/C13H14N2O5/c1-3-13(11(18)14-12(19)15-13)8-5-4-7(10(16)17)6-9(8)20-2/h4-6H,3H2,1-2H3,(H,16,17)(H2,14,15,18,19). The SMILES string of the molecule is CCC1(c2ccc(C(=O)O)cc2OC)NC(=O)NC1=O. The van der Waals surface area contributed by atoms with E-state index in [9.17, 15) is 14.4 Å². The lowest BCUT2D eigenvalue weighted by Gasteiger charge is -2.26. The number of amides is 3. The molecule has 1 unspecified atom stereocenters. The van der Waals surface area contributed by atoms with Crippen molar-refractivity contribution in [3.63, 3.8) is 0 Å². The Morgan fingerprint density at radius 3 is 2.55 bits per heavy atom. The summed E-state index contributed by atoms with van der Waals surface area (Å²) < 4.78 is 5.16. The zero-order chi connectivity index (χ0) is 14.9. The van der Waals surface area contributed by atoms with Gasteiger partial charge in [0, 0.05) is 5.56 Å². The normalized spacial score (nSPS) is 21.3. The van der Waals surface area contributed by atoms with Gasteiger partial charge in [-0.2, -0.15) is 0 Å². The first-order valence-corrected chi connectivity index (χ1v) is 6.00. The monoisotopic (exact) mass is 278 g/mol. The van der Waals surface area contributed by atoms with Crippen molar-refractivity contribution in [3.05, 3.63) is 29.3 Å². The zero-order valence-electron chi connectivity index (χ0n) is 11.0. The molecule has 1 fully saturated rings. The van der Waals surface area contributed by atoms with Gasteiger partial charge in [-0.25, -0.2) is 9.59 Å². The molecule has 3 N–H and O–H groups in total. The maximum Gasteiger partial charge on any atom is 0.335 e. The van der Waals surface area contributed by atoms with Crippen molar-refractivity contribution in [3.8, 4) is 5.75 Å². The second kappa shape index (κ2) is 4.84. The Morgan fingerprint density at radius 1 is 1.40 bits per heavy atom. The molecular formula is C13H14N2O5. The van der Waals surface area contributed by atoms with E-state index in [0.717, 1.165) is 0 Å². The van der Waals surface area contributed by atoms with Crippen LogP contribution in [0.15, 0.2) is 18.2 Å². The Bertz CT molecular complexity index is 598. The highest BCUT2D eigenvalue weighted by Gasteiger charge is 2.47. The summed E-state index contributed by atoms with van der Waals surface area (Å²) in [5, 5.41) is 13.7. The van der Waals surface area contributed by atoms with Crippen molar-refractivity contribution in [2.75, 3.05) is 7.11 Å². The van der Waals surface area contributed by atoms with Crippen LogP contribution in [0.5, 0.6) is 5.75 Å². The number of carbonyl (C=O) groups excluding carboxylic acids is 2. The van der Waals surface area contributed by atoms with Gasteiger partial charge < -0.3 is 15.2 Å². The molecule has 3 amide bonds. The Hall–Kier alpha value is -2.57. The van der Waals surface area contributed by atoms with Crippen molar-refractivity contribution >= 4 is 17.9 Å². The summed E-state index contributed by atoms with van der Waals surface area (Å²) in [7, 11) is 1.38. The van der Waals surface area contributed by atoms with Crippen LogP contribution in [0.4, 0.5) is 4.79 Å². The number of imide groups is 1. The van der Waals surface area contributed by atoms with Crippen LogP contribution in [0.2, 0.25) is 0 Å². The minimum Gasteiger partial charge on any atom is -0.496 e. The third kappa shape index (κ3) is 1.97. The quantitative estimate of drug-likeness (QED) is 0.708. The van der Waals surface area contributed by atoms with Crippen LogP contribution >= 0.6 is 0 Å². The van der Waals surface area contributed by atoms with Gasteiger partial charge in [0.25, 0.3) is 5.91 Å². The minimum atomic E-state index is -1.24. The summed E-state index contributed by atoms with van der Waals surface area (Å²) in [4.78, 5) is 34.4. The van der Waals surface area contributed by atoms with Gasteiger partial charge in [0.1, 0.15) is 11.3 Å². The molecule has 0 saturated carbocycles. The molecule has 1 aliphatic heterocycles. The highest BCUT2D eigenvalue weighted by Crippen LogP contribution is 2.35. The molecule has 1 heterocycles. The number of carbonyl (C=O) groups is 3. The second-order valence-electron chi connectivity index (χ2n) is 4.39. The number of urea groups is 1. The highest BCUT2D eigenvalue weighted by molar-refractivity contribution is 6.07. The van der Waals surface area contributed by atoms with Crippen LogP contribution in [-0.2, 0) is 10.3 Å². The second-order valence-corrected chi connectivity index (χ2v) is 4.39. The van der Waals surface area contributed by atoms with Crippen LogP contribution in [-0.4, -0.2) is 30.1 Å². The molecule has 0 aliphatic carbocycles. The van der Waals surface area contributed by atoms with Crippen molar-refractivity contribution in [2.45, 2.75) is 18.9 Å². The molecule has 1 aliphatic rings. The maximum absolute atomic E-state index is 12.1. The number of benzene rings is 1. The predicted molar refractivity (Wildman–Crippen MR) is 68.6 cm³/mol. The number of ether oxygens (including phenoxy) is 1. The maximum atomic E-state index is 12.1. The lowest BCUT2D eigenvalue weighted by Crippen LogP contribution is -2.43. The first kappa shape index (κ1) is 13.9. The lowest BCUT2D eigenvalue weighted by atomic mass is 9.86. The Labute approximate surface area is 114 Å². The molecule has 106 valence electrons. The number of hydrogen-bond donors (Lipinski definition) is 3. The number of rotatable bonds is 4. The molecule has 0 bridgehead atoms. The Balaban J connectivity index is 2.58. The molecule has 2 rings (SSSR count). The van der Waals surface area contributed by atoms with Gasteiger partial charge in [0.05, 0.1) is 12.7 Å². The number of aromatic carboxylic acids is 1. The fourth-order valence-corrected chi connectivity index (χ4v) is 2.30. The topological polar surface area (TPSA) is 105 Å². The number of methoxy groups -OCH3 is 1. The lowest BCUT2D eigenvalue weighted by molar-refractivity contribution is -0.124. The van der Waals surface area contributed by atoms with Gasteiger partial charge in [0.2, 0.25) is 0 Å². The van der Waals surface area contributed by atoms with E-state index < -0.39 is 23.4 Å². The minimum absolute atomic E-state index is 0.0431. The number of carboxylic acid groups (broad SMARTS) is 1. The van der Waals surface area contributed by atoms with Gasteiger partial charge in [-0.3, -0.25) is 10.1 Å². The third-order valence-electron chi connectivity index (χ3n) is 3.38. The number of hydrogen-bond acceptors (Lipinski definition) is 4. The first-order chi connectivity index (χ1) is 9.44. The molecule has 0 aromatic heterocycles. The van der Waals surface area contributed by atoms with Crippen LogP contribution in [0.1, 0.15) is 29.3 Å². The van der Waals surface area contributed by atoms with Crippen LogP contribution < -0.4 is 15.4 Å². The van der Waals surface area contributed by atoms with Crippen LogP contribution in [0.25, 0.3) is 0 Å². The van der Waals surface area contributed by atoms with Crippen molar-refractivity contribution in [1.82, 2.24) is 10.6 Å². The van der Waals surface area contributed by atoms with E-state index in [2.05, 4.69) is 10.6 Å². The molecule has 0 spiro atoms. The van der Waals surface area contributed by atoms with E-state index in [-0.39, 0.29) is 11.3 Å². The summed E-state index contributed by atoms with van der Waals surface area (Å²) in [5.41, 5.74) is -0.767. The third-order valence-corrected chi connectivity index (χ3v) is 3.38. The van der Waals surface area contributed by atoms with Crippen LogP contribution in [0, 0.1) is 0 Å². The van der Waals surface area contributed by atoms with E-state index in [0.29, 0.717) is 12.0 Å². The van der Waals surface area contributed by atoms with E-state index in [1.807, 2.05) is 0 Å². The molecule has 20 heavy (non-hydrogen) atoms. The summed E-state index contributed by atoms with van der Waals surface area (Å²) in [6.45, 7) is 1.75. The molecule has 1 aromatic rings. The summed E-state index contributed by atoms with van der Waals surface area (Å²) in [5.74, 6) is -1.34. The van der Waals surface area contributed by atoms with E-state index in [4.69, 9.17) is 9.84 Å². The Morgan fingerprint density at radius 2 is 2.10 bits per heavy atom. The highest BCUT2D eigenvalue weighted by atomic mass is 16.5. The van der Waals surface area contributed by atoms with Crippen LogP contribution in [0.3, 0.4) is 0 Å². The average Bonchev–Trinajstić information content (AvgIpc) is 2.73.